The van der Waals surface area contributed by atoms with Crippen molar-refractivity contribution in [3.05, 3.63) is 22.8 Å². The highest BCUT2D eigenvalue weighted by atomic mass is 35.5. The van der Waals surface area contributed by atoms with E-state index in [1.165, 1.54) is 5.56 Å². The first-order valence-corrected chi connectivity index (χ1v) is 6.51. The number of rotatable bonds is 1. The zero-order valence-corrected chi connectivity index (χ0v) is 12.4. The Morgan fingerprint density at radius 3 is 2.80 bits per heavy atom. The number of hydrogen-bond donors (Lipinski definition) is 2. The van der Waals surface area contributed by atoms with E-state index >= 15 is 0 Å². The summed E-state index contributed by atoms with van der Waals surface area (Å²) in [4.78, 5) is 2.30. The van der Waals surface area contributed by atoms with Crippen LogP contribution in [0.5, 0.6) is 11.5 Å². The molecule has 2 aliphatic rings. The van der Waals surface area contributed by atoms with Crippen molar-refractivity contribution < 1.29 is 15.1 Å². The molecule has 5 nitrogen and oxygen atoms in total. The van der Waals surface area contributed by atoms with Crippen LogP contribution in [0.4, 0.5) is 0 Å². The maximum Gasteiger partial charge on any atom is 0.167 e. The molecular weight excluding hydrogens is 280 g/mol. The number of methoxy groups -OCH3 is 1. The van der Waals surface area contributed by atoms with Crippen LogP contribution in [-0.4, -0.2) is 41.6 Å². The van der Waals surface area contributed by atoms with Crippen LogP contribution in [0.3, 0.4) is 0 Å². The summed E-state index contributed by atoms with van der Waals surface area (Å²) in [5, 5.41) is 22.9. The van der Waals surface area contributed by atoms with Crippen LogP contribution < -0.4 is 4.74 Å². The third-order valence-electron chi connectivity index (χ3n) is 4.27. The number of halogens is 1. The number of phenolic OH excluding ortho intramolecular Hbond substituents is 1. The molecule has 1 aromatic rings. The zero-order valence-electron chi connectivity index (χ0n) is 11.6. The van der Waals surface area contributed by atoms with E-state index in [-0.39, 0.29) is 18.2 Å². The molecule has 0 amide bonds. The van der Waals surface area contributed by atoms with Gasteiger partial charge in [0.1, 0.15) is 0 Å². The average Bonchev–Trinajstić information content (AvgIpc) is 2.44. The highest BCUT2D eigenvalue weighted by Crippen LogP contribution is 2.46. The molecule has 2 N–H and O–H groups in total. The van der Waals surface area contributed by atoms with Gasteiger partial charge in [-0.2, -0.15) is 0 Å². The van der Waals surface area contributed by atoms with Crippen molar-refractivity contribution in [1.29, 1.82) is 0 Å². The Labute approximate surface area is 124 Å². The number of oxime groups is 1. The highest BCUT2D eigenvalue weighted by Gasteiger charge is 2.36. The second-order valence-corrected chi connectivity index (χ2v) is 5.21. The van der Waals surface area contributed by atoms with E-state index in [0.717, 1.165) is 24.9 Å². The van der Waals surface area contributed by atoms with Crippen molar-refractivity contribution in [3.8, 4) is 11.5 Å². The lowest BCUT2D eigenvalue weighted by Crippen LogP contribution is -2.36. The second-order valence-electron chi connectivity index (χ2n) is 5.21. The predicted molar refractivity (Wildman–Crippen MR) is 78.5 cm³/mol. The number of nitrogens with zero attached hydrogens (tertiary/aromatic N) is 2. The molecule has 1 aromatic carbocycles. The summed E-state index contributed by atoms with van der Waals surface area (Å²) < 4.78 is 5.23. The van der Waals surface area contributed by atoms with Crippen LogP contribution in [0.1, 0.15) is 35.6 Å². The van der Waals surface area contributed by atoms with E-state index in [4.69, 9.17) is 4.74 Å². The maximum absolute atomic E-state index is 10.3. The number of benzene rings is 1. The minimum atomic E-state index is 0. The first-order valence-electron chi connectivity index (χ1n) is 6.51. The first kappa shape index (κ1) is 14.9. The third-order valence-corrected chi connectivity index (χ3v) is 4.27. The van der Waals surface area contributed by atoms with Crippen molar-refractivity contribution in [2.45, 2.75) is 25.3 Å². The van der Waals surface area contributed by atoms with Crippen LogP contribution in [0, 0.1) is 0 Å². The second kappa shape index (κ2) is 5.50. The molecule has 0 spiro atoms. The lowest BCUT2D eigenvalue weighted by molar-refractivity contribution is 0.215. The Morgan fingerprint density at radius 2 is 2.15 bits per heavy atom. The number of likely N-dealkylation sites (N-methyl/N-ethyl adjacent to an activating group) is 1. The fourth-order valence-electron chi connectivity index (χ4n) is 3.29. The van der Waals surface area contributed by atoms with Gasteiger partial charge in [0.2, 0.25) is 0 Å². The summed E-state index contributed by atoms with van der Waals surface area (Å²) in [7, 11) is 3.64. The smallest absolute Gasteiger partial charge is 0.167 e. The Hall–Kier alpha value is -1.46. The van der Waals surface area contributed by atoms with Gasteiger partial charge in [0.25, 0.3) is 0 Å². The molecular formula is C14H19ClN2O3. The molecule has 1 aliphatic heterocycles. The van der Waals surface area contributed by atoms with Crippen molar-refractivity contribution in [3.63, 3.8) is 0 Å². The van der Waals surface area contributed by atoms with Crippen LogP contribution in [0.2, 0.25) is 0 Å². The van der Waals surface area contributed by atoms with Crippen LogP contribution >= 0.6 is 12.4 Å². The number of ether oxygens (including phenoxy) is 1. The molecule has 6 heteroatoms. The van der Waals surface area contributed by atoms with Crippen molar-refractivity contribution >= 4 is 18.1 Å². The van der Waals surface area contributed by atoms with E-state index in [1.54, 1.807) is 7.11 Å². The van der Waals surface area contributed by atoms with E-state index < -0.39 is 0 Å². The van der Waals surface area contributed by atoms with Gasteiger partial charge in [0.15, 0.2) is 11.5 Å². The molecule has 1 unspecified atom stereocenters. The molecule has 0 fully saturated rings. The van der Waals surface area contributed by atoms with Gasteiger partial charge in [-0.05, 0) is 43.5 Å². The van der Waals surface area contributed by atoms with Gasteiger partial charge in [-0.3, -0.25) is 4.90 Å². The van der Waals surface area contributed by atoms with Crippen LogP contribution in [0.25, 0.3) is 0 Å². The first-order chi connectivity index (χ1) is 9.17. The zero-order chi connectivity index (χ0) is 13.6. The minimum Gasteiger partial charge on any atom is -0.504 e. The Bertz CT molecular complexity index is 560. The van der Waals surface area contributed by atoms with Gasteiger partial charge >= 0.3 is 0 Å². The molecule has 1 atom stereocenters. The molecule has 3 rings (SSSR count). The maximum atomic E-state index is 10.3. The van der Waals surface area contributed by atoms with Crippen molar-refractivity contribution in [2.75, 3.05) is 20.7 Å². The Morgan fingerprint density at radius 1 is 1.40 bits per heavy atom. The summed E-state index contributed by atoms with van der Waals surface area (Å²) in [6.07, 6.45) is 2.50. The molecule has 1 aliphatic carbocycles. The lowest BCUT2D eigenvalue weighted by atomic mass is 9.79. The van der Waals surface area contributed by atoms with Gasteiger partial charge in [-0.1, -0.05) is 5.16 Å². The fourth-order valence-corrected chi connectivity index (χ4v) is 3.29. The summed E-state index contributed by atoms with van der Waals surface area (Å²) in [5.41, 5.74) is 3.51. The third kappa shape index (κ3) is 2.01. The van der Waals surface area contributed by atoms with Gasteiger partial charge in [-0.15, -0.1) is 12.4 Å². The Balaban J connectivity index is 0.00000147. The molecule has 0 saturated heterocycles. The summed E-state index contributed by atoms with van der Waals surface area (Å²) >= 11 is 0. The van der Waals surface area contributed by atoms with E-state index in [9.17, 15) is 10.3 Å². The van der Waals surface area contributed by atoms with Gasteiger partial charge in [0.05, 0.1) is 18.4 Å². The van der Waals surface area contributed by atoms with Gasteiger partial charge < -0.3 is 15.1 Å². The van der Waals surface area contributed by atoms with Gasteiger partial charge in [-0.25, -0.2) is 0 Å². The number of hydrogen-bond acceptors (Lipinski definition) is 5. The summed E-state index contributed by atoms with van der Waals surface area (Å²) in [6.45, 7) is 0.997. The molecule has 110 valence electrons. The summed E-state index contributed by atoms with van der Waals surface area (Å²) in [6, 6.07) is 2.20. The molecule has 20 heavy (non-hydrogen) atoms. The SMILES string of the molecule is COc1cc2c3c(c1O)/C(=N/O)CCC3N(C)CC2.Cl. The average molecular weight is 299 g/mol. The standard InChI is InChI=1S/C14H18N2O3.ClH/c1-16-6-5-8-7-11(19-2)14(17)13-9(15-18)3-4-10(16)12(8)13;/h7,10,17-18H,3-6H2,1-2H3;1H/b15-9+;. The Kier molecular flexibility index (Phi) is 4.11. The fraction of sp³-hybridized carbons (Fsp3) is 0.500. The molecule has 1 heterocycles. The summed E-state index contributed by atoms with van der Waals surface area (Å²) in [5.74, 6) is 0.550. The van der Waals surface area contributed by atoms with Crippen molar-refractivity contribution in [1.82, 2.24) is 4.90 Å². The molecule has 0 bridgehead atoms. The van der Waals surface area contributed by atoms with E-state index in [2.05, 4.69) is 17.1 Å². The normalized spacial score (nSPS) is 23.1. The molecule has 0 aromatic heterocycles. The predicted octanol–water partition coefficient (Wildman–Crippen LogP) is 2.32. The molecule has 0 radical (unpaired) electrons. The van der Waals surface area contributed by atoms with Gasteiger partial charge in [0, 0.05) is 12.6 Å². The highest BCUT2D eigenvalue weighted by molar-refractivity contribution is 6.06. The topological polar surface area (TPSA) is 65.3 Å². The van der Waals surface area contributed by atoms with Crippen LogP contribution in [-0.2, 0) is 6.42 Å². The lowest BCUT2D eigenvalue weighted by Gasteiger charge is -2.39. The largest absolute Gasteiger partial charge is 0.504 e. The van der Waals surface area contributed by atoms with Crippen LogP contribution in [0.15, 0.2) is 11.2 Å². The number of aromatic hydroxyl groups is 1. The van der Waals surface area contributed by atoms with E-state index in [0.29, 0.717) is 29.5 Å². The minimum absolute atomic E-state index is 0. The van der Waals surface area contributed by atoms with E-state index in [1.807, 2.05) is 6.07 Å². The number of phenols is 1. The molecule has 0 saturated carbocycles. The monoisotopic (exact) mass is 298 g/mol. The quantitative estimate of drug-likeness (QED) is 0.617. The van der Waals surface area contributed by atoms with Crippen molar-refractivity contribution in [2.24, 2.45) is 5.16 Å².